The molecular formula is C13H11N3O2. The van der Waals surface area contributed by atoms with Gasteiger partial charge in [0.25, 0.3) is 0 Å². The average Bonchev–Trinajstić information content (AvgIpc) is 2.94. The third kappa shape index (κ3) is 1.66. The number of nitrogens with one attached hydrogen (secondary N) is 1. The molecule has 2 heterocycles. The smallest absolute Gasteiger partial charge is 0.309 e. The number of benzene rings is 1. The molecule has 90 valence electrons. The summed E-state index contributed by atoms with van der Waals surface area (Å²) in [5.41, 5.74) is 2.53. The van der Waals surface area contributed by atoms with Crippen LogP contribution in [0.1, 0.15) is 5.69 Å². The number of aromatic amines is 1. The molecular weight excluding hydrogens is 230 g/mol. The van der Waals surface area contributed by atoms with Gasteiger partial charge in [-0.1, -0.05) is 18.2 Å². The van der Waals surface area contributed by atoms with Crippen molar-refractivity contribution >= 4 is 16.9 Å². The van der Waals surface area contributed by atoms with Crippen molar-refractivity contribution in [1.29, 1.82) is 0 Å². The Bertz CT molecular complexity index is 712. The number of carbonyl (C=O) groups is 1. The predicted molar refractivity (Wildman–Crippen MR) is 66.8 cm³/mol. The maximum absolute atomic E-state index is 10.8. The van der Waals surface area contributed by atoms with Gasteiger partial charge in [0.05, 0.1) is 17.8 Å². The molecule has 0 spiro atoms. The van der Waals surface area contributed by atoms with Crippen molar-refractivity contribution in [1.82, 2.24) is 14.8 Å². The molecule has 0 bridgehead atoms. The summed E-state index contributed by atoms with van der Waals surface area (Å²) in [6.07, 6.45) is 3.41. The number of hydrogen-bond acceptors (Lipinski definition) is 2. The Morgan fingerprint density at radius 3 is 3.00 bits per heavy atom. The minimum atomic E-state index is -0.864. The highest BCUT2D eigenvalue weighted by Gasteiger charge is 2.11. The van der Waals surface area contributed by atoms with E-state index < -0.39 is 5.97 Å². The molecule has 3 aromatic rings. The van der Waals surface area contributed by atoms with E-state index in [1.807, 2.05) is 30.5 Å². The van der Waals surface area contributed by atoms with Gasteiger partial charge in [0.15, 0.2) is 0 Å². The molecule has 0 aliphatic carbocycles. The number of carboxylic acid groups (broad SMARTS) is 1. The first-order chi connectivity index (χ1) is 8.75. The second kappa shape index (κ2) is 4.03. The van der Waals surface area contributed by atoms with Crippen molar-refractivity contribution in [2.24, 2.45) is 0 Å². The molecule has 0 saturated heterocycles. The molecule has 0 fully saturated rings. The van der Waals surface area contributed by atoms with Gasteiger partial charge in [0.2, 0.25) is 0 Å². The van der Waals surface area contributed by atoms with Crippen LogP contribution in [0.4, 0.5) is 0 Å². The van der Waals surface area contributed by atoms with E-state index >= 15 is 0 Å². The zero-order chi connectivity index (χ0) is 12.5. The highest BCUT2D eigenvalue weighted by molar-refractivity contribution is 5.88. The van der Waals surface area contributed by atoms with Crippen molar-refractivity contribution in [3.8, 4) is 5.69 Å². The number of aliphatic carboxylic acids is 1. The van der Waals surface area contributed by atoms with E-state index in [0.717, 1.165) is 16.6 Å². The third-order valence-corrected chi connectivity index (χ3v) is 2.85. The van der Waals surface area contributed by atoms with Crippen LogP contribution in [0, 0.1) is 0 Å². The number of rotatable bonds is 3. The highest BCUT2D eigenvalue weighted by Crippen LogP contribution is 2.22. The van der Waals surface area contributed by atoms with Gasteiger partial charge in [0, 0.05) is 23.3 Å². The lowest BCUT2D eigenvalue weighted by molar-refractivity contribution is -0.136. The summed E-state index contributed by atoms with van der Waals surface area (Å²) >= 11 is 0. The lowest BCUT2D eigenvalue weighted by Gasteiger charge is -2.04. The number of nitrogens with zero attached hydrogens (tertiary/aromatic N) is 2. The number of hydrogen-bond donors (Lipinski definition) is 2. The second-order valence-electron chi connectivity index (χ2n) is 4.02. The Labute approximate surface area is 103 Å². The number of carboxylic acids is 1. The fourth-order valence-corrected chi connectivity index (χ4v) is 2.07. The maximum Gasteiger partial charge on any atom is 0.309 e. The first kappa shape index (κ1) is 10.6. The van der Waals surface area contributed by atoms with Crippen molar-refractivity contribution in [3.05, 3.63) is 48.4 Å². The third-order valence-electron chi connectivity index (χ3n) is 2.85. The van der Waals surface area contributed by atoms with Gasteiger partial charge in [-0.2, -0.15) is 5.10 Å². The topological polar surface area (TPSA) is 70.9 Å². The Hall–Kier alpha value is -2.56. The fourth-order valence-electron chi connectivity index (χ4n) is 2.07. The lowest BCUT2D eigenvalue weighted by atomic mass is 10.2. The Morgan fingerprint density at radius 1 is 1.33 bits per heavy atom. The molecule has 0 unspecified atom stereocenters. The number of aromatic nitrogens is 3. The van der Waals surface area contributed by atoms with Crippen LogP contribution in [0.2, 0.25) is 0 Å². The molecule has 2 aromatic heterocycles. The molecule has 5 heteroatoms. The van der Waals surface area contributed by atoms with E-state index in [-0.39, 0.29) is 6.42 Å². The van der Waals surface area contributed by atoms with Crippen molar-refractivity contribution in [3.63, 3.8) is 0 Å². The standard InChI is InChI=1S/C13H11N3O2/c17-13(18)7-9-5-6-15-16(9)12-8-14-11-4-2-1-3-10(11)12/h1-6,8,14H,7H2,(H,17,18). The van der Waals surface area contributed by atoms with Gasteiger partial charge in [-0.3, -0.25) is 4.79 Å². The van der Waals surface area contributed by atoms with Gasteiger partial charge < -0.3 is 10.1 Å². The molecule has 1 aromatic carbocycles. The zero-order valence-corrected chi connectivity index (χ0v) is 9.50. The molecule has 3 rings (SSSR count). The van der Waals surface area contributed by atoms with Crippen LogP contribution in [0.25, 0.3) is 16.6 Å². The summed E-state index contributed by atoms with van der Waals surface area (Å²) in [5, 5.41) is 14.1. The second-order valence-corrected chi connectivity index (χ2v) is 4.02. The van der Waals surface area contributed by atoms with Gasteiger partial charge in [-0.15, -0.1) is 0 Å². The van der Waals surface area contributed by atoms with Crippen LogP contribution >= 0.6 is 0 Å². The van der Waals surface area contributed by atoms with Crippen LogP contribution < -0.4 is 0 Å². The first-order valence-corrected chi connectivity index (χ1v) is 5.57. The average molecular weight is 241 g/mol. The largest absolute Gasteiger partial charge is 0.481 e. The first-order valence-electron chi connectivity index (χ1n) is 5.57. The molecule has 0 aliphatic heterocycles. The molecule has 2 N–H and O–H groups in total. The SMILES string of the molecule is O=C(O)Cc1ccnn1-c1c[nH]c2ccccc12. The Kier molecular flexibility index (Phi) is 2.37. The molecule has 0 atom stereocenters. The molecule has 0 aliphatic rings. The van der Waals surface area contributed by atoms with Gasteiger partial charge in [-0.25, -0.2) is 4.68 Å². The summed E-state index contributed by atoms with van der Waals surface area (Å²) in [7, 11) is 0. The van der Waals surface area contributed by atoms with Crippen molar-refractivity contribution < 1.29 is 9.90 Å². The fraction of sp³-hybridized carbons (Fsp3) is 0.0769. The number of H-pyrrole nitrogens is 1. The van der Waals surface area contributed by atoms with Crippen LogP contribution in [0.15, 0.2) is 42.7 Å². The molecule has 0 saturated carbocycles. The van der Waals surface area contributed by atoms with Crippen LogP contribution in [-0.2, 0) is 11.2 Å². The van der Waals surface area contributed by atoms with E-state index in [0.29, 0.717) is 5.69 Å². The van der Waals surface area contributed by atoms with E-state index in [1.165, 1.54) is 0 Å². The van der Waals surface area contributed by atoms with E-state index in [4.69, 9.17) is 5.11 Å². The lowest BCUT2D eigenvalue weighted by Crippen LogP contribution is -2.07. The van der Waals surface area contributed by atoms with Crippen molar-refractivity contribution in [2.75, 3.05) is 0 Å². The summed E-state index contributed by atoms with van der Waals surface area (Å²) in [4.78, 5) is 14.0. The van der Waals surface area contributed by atoms with Crippen LogP contribution in [-0.4, -0.2) is 25.8 Å². The maximum atomic E-state index is 10.8. The van der Waals surface area contributed by atoms with E-state index in [1.54, 1.807) is 16.9 Å². The number of para-hydroxylation sites is 1. The summed E-state index contributed by atoms with van der Waals surface area (Å²) in [6, 6.07) is 9.56. The highest BCUT2D eigenvalue weighted by atomic mass is 16.4. The quantitative estimate of drug-likeness (QED) is 0.736. The monoisotopic (exact) mass is 241 g/mol. The zero-order valence-electron chi connectivity index (χ0n) is 9.50. The van der Waals surface area contributed by atoms with Gasteiger partial charge in [-0.05, 0) is 12.1 Å². The van der Waals surface area contributed by atoms with Gasteiger partial charge >= 0.3 is 5.97 Å². The van der Waals surface area contributed by atoms with Gasteiger partial charge in [0.1, 0.15) is 0 Å². The minimum Gasteiger partial charge on any atom is -0.481 e. The Balaban J connectivity index is 2.15. The summed E-state index contributed by atoms with van der Waals surface area (Å²) < 4.78 is 1.66. The molecule has 18 heavy (non-hydrogen) atoms. The van der Waals surface area contributed by atoms with Crippen LogP contribution in [0.3, 0.4) is 0 Å². The minimum absolute atomic E-state index is 0.0422. The molecule has 0 amide bonds. The number of fused-ring (bicyclic) bond motifs is 1. The summed E-state index contributed by atoms with van der Waals surface area (Å²) in [6.45, 7) is 0. The predicted octanol–water partition coefficient (Wildman–Crippen LogP) is 1.98. The molecule has 0 radical (unpaired) electrons. The Morgan fingerprint density at radius 2 is 2.17 bits per heavy atom. The van der Waals surface area contributed by atoms with E-state index in [9.17, 15) is 4.79 Å². The normalized spacial score (nSPS) is 10.9. The van der Waals surface area contributed by atoms with E-state index in [2.05, 4.69) is 10.1 Å². The van der Waals surface area contributed by atoms with Crippen LogP contribution in [0.5, 0.6) is 0 Å². The summed E-state index contributed by atoms with van der Waals surface area (Å²) in [5.74, 6) is -0.864. The molecule has 5 nitrogen and oxygen atoms in total. The van der Waals surface area contributed by atoms with Crippen molar-refractivity contribution in [2.45, 2.75) is 6.42 Å².